The van der Waals surface area contributed by atoms with Crippen LogP contribution in [0.1, 0.15) is 23.0 Å². The van der Waals surface area contributed by atoms with E-state index >= 15 is 0 Å². The number of nitrogens with two attached hydrogens (primary N) is 1. The SMILES string of the molecule is CCOC(=O)c1cnn(-c2cc(-c3cc(C)nc(Cl)c3)c(-c3ccc(F)cc3)nc2N)c1. The third-order valence-corrected chi connectivity index (χ3v) is 4.92. The van der Waals surface area contributed by atoms with Gasteiger partial charge in [0.05, 0.1) is 24.1 Å². The number of halogens is 2. The second-order valence-corrected chi connectivity index (χ2v) is 7.40. The zero-order chi connectivity index (χ0) is 22.8. The van der Waals surface area contributed by atoms with Crippen molar-refractivity contribution in [3.05, 3.63) is 77.1 Å². The molecular formula is C23H19ClFN5O2. The van der Waals surface area contributed by atoms with E-state index in [2.05, 4.69) is 15.1 Å². The number of aromatic nitrogens is 4. The standard InChI is InChI=1S/C23H19ClFN5O2/c1-3-32-23(31)16-11-27-30(12-16)19-10-18(15-8-13(2)28-20(24)9-15)21(29-22(19)26)14-4-6-17(25)7-5-14/h4-12H,3H2,1-2H3,(H2,26,29). The summed E-state index contributed by atoms with van der Waals surface area (Å²) in [6.07, 6.45) is 2.93. The van der Waals surface area contributed by atoms with Crippen molar-refractivity contribution in [3.63, 3.8) is 0 Å². The minimum absolute atomic E-state index is 0.184. The summed E-state index contributed by atoms with van der Waals surface area (Å²) in [4.78, 5) is 20.8. The van der Waals surface area contributed by atoms with E-state index in [9.17, 15) is 9.18 Å². The van der Waals surface area contributed by atoms with Gasteiger partial charge in [-0.05, 0) is 61.9 Å². The summed E-state index contributed by atoms with van der Waals surface area (Å²) in [7, 11) is 0. The van der Waals surface area contributed by atoms with Gasteiger partial charge in [0.25, 0.3) is 0 Å². The van der Waals surface area contributed by atoms with Gasteiger partial charge in [0, 0.05) is 23.0 Å². The van der Waals surface area contributed by atoms with Crippen LogP contribution in [-0.2, 0) is 4.74 Å². The molecule has 0 spiro atoms. The number of aryl methyl sites for hydroxylation is 1. The first-order valence-electron chi connectivity index (χ1n) is 9.79. The van der Waals surface area contributed by atoms with Gasteiger partial charge in [0.1, 0.15) is 22.5 Å². The zero-order valence-electron chi connectivity index (χ0n) is 17.3. The van der Waals surface area contributed by atoms with Gasteiger partial charge in [-0.25, -0.2) is 23.8 Å². The summed E-state index contributed by atoms with van der Waals surface area (Å²) in [6, 6.07) is 11.3. The van der Waals surface area contributed by atoms with Crippen molar-refractivity contribution in [1.82, 2.24) is 19.7 Å². The third kappa shape index (κ3) is 4.31. The van der Waals surface area contributed by atoms with Crippen LogP contribution in [-0.4, -0.2) is 32.3 Å². The molecule has 7 nitrogen and oxygen atoms in total. The van der Waals surface area contributed by atoms with Gasteiger partial charge < -0.3 is 10.5 Å². The van der Waals surface area contributed by atoms with E-state index < -0.39 is 5.97 Å². The first-order chi connectivity index (χ1) is 15.4. The lowest BCUT2D eigenvalue weighted by atomic mass is 9.98. The maximum Gasteiger partial charge on any atom is 0.341 e. The highest BCUT2D eigenvalue weighted by atomic mass is 35.5. The Morgan fingerprint density at radius 1 is 1.16 bits per heavy atom. The van der Waals surface area contributed by atoms with Gasteiger partial charge in [-0.15, -0.1) is 0 Å². The number of rotatable bonds is 5. The Balaban J connectivity index is 1.90. The fourth-order valence-electron chi connectivity index (χ4n) is 3.31. The van der Waals surface area contributed by atoms with E-state index in [4.69, 9.17) is 22.1 Å². The van der Waals surface area contributed by atoms with Crippen molar-refractivity contribution in [2.24, 2.45) is 0 Å². The minimum Gasteiger partial charge on any atom is -0.462 e. The van der Waals surface area contributed by atoms with Crippen molar-refractivity contribution in [3.8, 4) is 28.1 Å². The Morgan fingerprint density at radius 3 is 2.59 bits per heavy atom. The molecule has 0 aliphatic carbocycles. The summed E-state index contributed by atoms with van der Waals surface area (Å²) < 4.78 is 20.0. The van der Waals surface area contributed by atoms with E-state index in [0.29, 0.717) is 33.2 Å². The molecule has 2 N–H and O–H groups in total. The predicted molar refractivity (Wildman–Crippen MR) is 120 cm³/mol. The second kappa shape index (κ2) is 8.76. The molecule has 0 saturated heterocycles. The van der Waals surface area contributed by atoms with Crippen LogP contribution in [0.25, 0.3) is 28.1 Å². The normalized spacial score (nSPS) is 10.9. The van der Waals surface area contributed by atoms with Gasteiger partial charge in [0.15, 0.2) is 0 Å². The summed E-state index contributed by atoms with van der Waals surface area (Å²) >= 11 is 6.20. The molecule has 32 heavy (non-hydrogen) atoms. The second-order valence-electron chi connectivity index (χ2n) is 7.01. The first-order valence-corrected chi connectivity index (χ1v) is 10.2. The molecule has 0 aliphatic heterocycles. The number of pyridine rings is 2. The fraction of sp³-hybridized carbons (Fsp3) is 0.130. The number of nitrogens with zero attached hydrogens (tertiary/aromatic N) is 4. The number of anilines is 1. The molecule has 0 fully saturated rings. The van der Waals surface area contributed by atoms with Crippen LogP contribution in [0.4, 0.5) is 10.2 Å². The van der Waals surface area contributed by atoms with Crippen LogP contribution >= 0.6 is 11.6 Å². The maximum atomic E-state index is 13.5. The molecule has 9 heteroatoms. The molecule has 0 unspecified atom stereocenters. The van der Waals surface area contributed by atoms with Crippen molar-refractivity contribution in [1.29, 1.82) is 0 Å². The molecule has 0 bridgehead atoms. The number of carbonyl (C=O) groups excluding carboxylic acids is 1. The number of benzene rings is 1. The third-order valence-electron chi connectivity index (χ3n) is 4.72. The van der Waals surface area contributed by atoms with Gasteiger partial charge in [-0.3, -0.25) is 0 Å². The first kappa shape index (κ1) is 21.5. The van der Waals surface area contributed by atoms with E-state index in [1.165, 1.54) is 29.2 Å². The van der Waals surface area contributed by atoms with Gasteiger partial charge >= 0.3 is 5.97 Å². The molecule has 4 aromatic rings. The molecule has 0 amide bonds. The summed E-state index contributed by atoms with van der Waals surface area (Å²) in [6.45, 7) is 3.82. The van der Waals surface area contributed by atoms with Crippen LogP contribution < -0.4 is 5.73 Å². The Bertz CT molecular complexity index is 1280. The fourth-order valence-corrected chi connectivity index (χ4v) is 3.56. The predicted octanol–water partition coefficient (Wildman–Crippen LogP) is 4.86. The van der Waals surface area contributed by atoms with Crippen molar-refractivity contribution in [2.45, 2.75) is 13.8 Å². The van der Waals surface area contributed by atoms with Crippen LogP contribution in [0.3, 0.4) is 0 Å². The molecule has 0 radical (unpaired) electrons. The van der Waals surface area contributed by atoms with E-state index in [1.807, 2.05) is 13.0 Å². The lowest BCUT2D eigenvalue weighted by molar-refractivity contribution is 0.0526. The Hall–Kier alpha value is -3.78. The summed E-state index contributed by atoms with van der Waals surface area (Å²) in [5.41, 5.74) is 10.4. The van der Waals surface area contributed by atoms with Crippen molar-refractivity contribution in [2.75, 3.05) is 12.3 Å². The number of hydrogen-bond donors (Lipinski definition) is 1. The van der Waals surface area contributed by atoms with Crippen molar-refractivity contribution < 1.29 is 13.9 Å². The molecule has 3 aromatic heterocycles. The van der Waals surface area contributed by atoms with E-state index in [-0.39, 0.29) is 18.2 Å². The van der Waals surface area contributed by atoms with Crippen LogP contribution in [0.2, 0.25) is 5.15 Å². The highest BCUT2D eigenvalue weighted by Crippen LogP contribution is 2.35. The molecule has 4 rings (SSSR count). The van der Waals surface area contributed by atoms with Gasteiger partial charge in [-0.2, -0.15) is 5.10 Å². The van der Waals surface area contributed by atoms with Crippen LogP contribution in [0.5, 0.6) is 0 Å². The Morgan fingerprint density at radius 2 is 1.91 bits per heavy atom. The average Bonchev–Trinajstić information content (AvgIpc) is 3.24. The molecular weight excluding hydrogens is 433 g/mol. The molecule has 0 saturated carbocycles. The highest BCUT2D eigenvalue weighted by molar-refractivity contribution is 6.29. The quantitative estimate of drug-likeness (QED) is 0.344. The largest absolute Gasteiger partial charge is 0.462 e. The highest BCUT2D eigenvalue weighted by Gasteiger charge is 2.18. The molecule has 162 valence electrons. The molecule has 0 aliphatic rings. The number of hydrogen-bond acceptors (Lipinski definition) is 6. The lowest BCUT2D eigenvalue weighted by Crippen LogP contribution is -2.06. The van der Waals surface area contributed by atoms with E-state index in [0.717, 1.165) is 11.3 Å². The van der Waals surface area contributed by atoms with Crippen molar-refractivity contribution >= 4 is 23.4 Å². The molecule has 3 heterocycles. The van der Waals surface area contributed by atoms with Crippen LogP contribution in [0.15, 0.2) is 54.9 Å². The number of nitrogen functional groups attached to an aromatic ring is 1. The maximum absolute atomic E-state index is 13.5. The van der Waals surface area contributed by atoms with E-state index in [1.54, 1.807) is 31.2 Å². The monoisotopic (exact) mass is 451 g/mol. The van der Waals surface area contributed by atoms with Gasteiger partial charge in [0.2, 0.25) is 0 Å². The topological polar surface area (TPSA) is 95.9 Å². The Kier molecular flexibility index (Phi) is 5.87. The Labute approximate surface area is 188 Å². The van der Waals surface area contributed by atoms with Crippen LogP contribution in [0, 0.1) is 12.7 Å². The number of ether oxygens (including phenoxy) is 1. The summed E-state index contributed by atoms with van der Waals surface area (Å²) in [5, 5.41) is 4.57. The smallest absolute Gasteiger partial charge is 0.341 e. The zero-order valence-corrected chi connectivity index (χ0v) is 18.1. The number of carbonyl (C=O) groups is 1. The molecule has 1 aromatic carbocycles. The lowest BCUT2D eigenvalue weighted by Gasteiger charge is -2.15. The minimum atomic E-state index is -0.482. The number of esters is 1. The average molecular weight is 452 g/mol. The van der Waals surface area contributed by atoms with Gasteiger partial charge in [-0.1, -0.05) is 11.6 Å². The summed E-state index contributed by atoms with van der Waals surface area (Å²) in [5.74, 6) is -0.654. The molecule has 0 atom stereocenters.